The molecule has 17 heavy (non-hydrogen) atoms. The molecule has 1 saturated carbocycles. The second-order valence-electron chi connectivity index (χ2n) is 4.96. The Kier molecular flexibility index (Phi) is 3.82. The van der Waals surface area contributed by atoms with Crippen LogP contribution in [-0.2, 0) is 11.2 Å². The molecule has 0 amide bonds. The molecule has 0 heterocycles. The predicted molar refractivity (Wildman–Crippen MR) is 66.6 cm³/mol. The lowest BCUT2D eigenvalue weighted by Crippen LogP contribution is -2.25. The Labute approximate surface area is 106 Å². The van der Waals surface area contributed by atoms with Gasteiger partial charge < -0.3 is 0 Å². The summed E-state index contributed by atoms with van der Waals surface area (Å²) in [5, 5.41) is 0.138. The Morgan fingerprint density at radius 1 is 1.47 bits per heavy atom. The number of hydrogen-bond donors (Lipinski definition) is 0. The fraction of sp³-hybridized carbons (Fsp3) is 0.500. The van der Waals surface area contributed by atoms with Gasteiger partial charge in [-0.1, -0.05) is 30.7 Å². The summed E-state index contributed by atoms with van der Waals surface area (Å²) < 4.78 is 13.7. The standard InChI is InChI=1S/C14H16ClFO/c1-9-5-6-13(17)11(7-9)8-10-3-2-4-12(15)14(10)16/h2-4,9,11H,5-8H2,1H3. The van der Waals surface area contributed by atoms with Gasteiger partial charge in [-0.25, -0.2) is 4.39 Å². The summed E-state index contributed by atoms with van der Waals surface area (Å²) in [6, 6.07) is 4.98. The topological polar surface area (TPSA) is 17.1 Å². The number of ketones is 1. The van der Waals surface area contributed by atoms with Crippen molar-refractivity contribution >= 4 is 17.4 Å². The molecule has 2 unspecified atom stereocenters. The maximum absolute atomic E-state index is 13.7. The first kappa shape index (κ1) is 12.6. The molecule has 92 valence electrons. The summed E-state index contributed by atoms with van der Waals surface area (Å²) in [6.07, 6.45) is 2.95. The van der Waals surface area contributed by atoms with Crippen molar-refractivity contribution in [1.82, 2.24) is 0 Å². The van der Waals surface area contributed by atoms with Crippen LogP contribution in [-0.4, -0.2) is 5.78 Å². The normalized spacial score (nSPS) is 25.0. The summed E-state index contributed by atoms with van der Waals surface area (Å²) in [7, 11) is 0. The Morgan fingerprint density at radius 3 is 3.00 bits per heavy atom. The Morgan fingerprint density at radius 2 is 2.24 bits per heavy atom. The van der Waals surface area contributed by atoms with Crippen LogP contribution in [0.15, 0.2) is 18.2 Å². The van der Waals surface area contributed by atoms with Crippen LogP contribution < -0.4 is 0 Å². The Balaban J connectivity index is 2.14. The van der Waals surface area contributed by atoms with Crippen molar-refractivity contribution in [2.45, 2.75) is 32.6 Å². The van der Waals surface area contributed by atoms with Crippen molar-refractivity contribution in [1.29, 1.82) is 0 Å². The molecular weight excluding hydrogens is 239 g/mol. The molecule has 0 aromatic heterocycles. The number of benzene rings is 1. The molecule has 1 nitrogen and oxygen atoms in total. The van der Waals surface area contributed by atoms with Crippen LogP contribution in [0.3, 0.4) is 0 Å². The van der Waals surface area contributed by atoms with Gasteiger partial charge in [-0.05, 0) is 36.8 Å². The van der Waals surface area contributed by atoms with Crippen molar-refractivity contribution in [3.8, 4) is 0 Å². The van der Waals surface area contributed by atoms with Crippen LogP contribution in [0.25, 0.3) is 0 Å². The van der Waals surface area contributed by atoms with Crippen LogP contribution >= 0.6 is 11.6 Å². The molecule has 0 aliphatic heterocycles. The fourth-order valence-electron chi connectivity index (χ4n) is 2.50. The van der Waals surface area contributed by atoms with Gasteiger partial charge >= 0.3 is 0 Å². The number of carbonyl (C=O) groups is 1. The number of Topliss-reactive ketones (excluding diaryl/α,β-unsaturated/α-hetero) is 1. The average molecular weight is 255 g/mol. The van der Waals surface area contributed by atoms with Gasteiger partial charge in [0.2, 0.25) is 0 Å². The maximum Gasteiger partial charge on any atom is 0.144 e. The van der Waals surface area contributed by atoms with E-state index in [-0.39, 0.29) is 22.5 Å². The van der Waals surface area contributed by atoms with Crippen molar-refractivity contribution in [2.75, 3.05) is 0 Å². The lowest BCUT2D eigenvalue weighted by atomic mass is 9.78. The van der Waals surface area contributed by atoms with Crippen LogP contribution in [0, 0.1) is 17.7 Å². The van der Waals surface area contributed by atoms with Gasteiger partial charge in [0.25, 0.3) is 0 Å². The summed E-state index contributed by atoms with van der Waals surface area (Å²) in [4.78, 5) is 11.8. The highest BCUT2D eigenvalue weighted by atomic mass is 35.5. The molecule has 1 aromatic carbocycles. The van der Waals surface area contributed by atoms with E-state index in [1.165, 1.54) is 6.07 Å². The van der Waals surface area contributed by atoms with E-state index in [2.05, 4.69) is 6.92 Å². The van der Waals surface area contributed by atoms with Crippen LogP contribution in [0.2, 0.25) is 5.02 Å². The first-order valence-electron chi connectivity index (χ1n) is 6.03. The van der Waals surface area contributed by atoms with E-state index in [4.69, 9.17) is 11.6 Å². The number of hydrogen-bond acceptors (Lipinski definition) is 1. The van der Waals surface area contributed by atoms with Gasteiger partial charge in [0.05, 0.1) is 5.02 Å². The van der Waals surface area contributed by atoms with Gasteiger partial charge in [-0.2, -0.15) is 0 Å². The molecule has 0 bridgehead atoms. The van der Waals surface area contributed by atoms with Gasteiger partial charge in [-0.3, -0.25) is 4.79 Å². The van der Waals surface area contributed by atoms with Crippen molar-refractivity contribution in [2.24, 2.45) is 11.8 Å². The van der Waals surface area contributed by atoms with Crippen LogP contribution in [0.1, 0.15) is 31.7 Å². The lowest BCUT2D eigenvalue weighted by Gasteiger charge is -2.25. The monoisotopic (exact) mass is 254 g/mol. The third kappa shape index (κ3) is 2.86. The van der Waals surface area contributed by atoms with E-state index in [0.717, 1.165) is 12.8 Å². The maximum atomic E-state index is 13.7. The molecule has 2 rings (SSSR count). The molecular formula is C14H16ClFO. The molecule has 1 fully saturated rings. The Bertz CT molecular complexity index is 430. The third-order valence-corrected chi connectivity index (χ3v) is 3.82. The largest absolute Gasteiger partial charge is 0.299 e. The number of rotatable bonds is 2. The van der Waals surface area contributed by atoms with E-state index in [0.29, 0.717) is 24.3 Å². The molecule has 1 aliphatic rings. The van der Waals surface area contributed by atoms with E-state index in [1.54, 1.807) is 12.1 Å². The summed E-state index contributed by atoms with van der Waals surface area (Å²) in [5.41, 5.74) is 0.560. The van der Waals surface area contributed by atoms with Gasteiger partial charge in [-0.15, -0.1) is 0 Å². The summed E-state index contributed by atoms with van der Waals surface area (Å²) >= 11 is 5.74. The van der Waals surface area contributed by atoms with Gasteiger partial charge in [0.1, 0.15) is 11.6 Å². The number of halogens is 2. The molecule has 0 spiro atoms. The smallest absolute Gasteiger partial charge is 0.144 e. The zero-order valence-electron chi connectivity index (χ0n) is 9.88. The highest BCUT2D eigenvalue weighted by molar-refractivity contribution is 6.30. The SMILES string of the molecule is CC1CCC(=O)C(Cc2cccc(Cl)c2F)C1. The molecule has 0 saturated heterocycles. The first-order chi connectivity index (χ1) is 8.08. The van der Waals surface area contributed by atoms with Crippen LogP contribution in [0.4, 0.5) is 4.39 Å². The third-order valence-electron chi connectivity index (χ3n) is 3.52. The molecule has 1 aliphatic carbocycles. The van der Waals surface area contributed by atoms with E-state index in [1.807, 2.05) is 0 Å². The molecule has 0 N–H and O–H groups in total. The minimum Gasteiger partial charge on any atom is -0.299 e. The molecule has 1 aromatic rings. The average Bonchev–Trinajstić information content (AvgIpc) is 2.30. The summed E-state index contributed by atoms with van der Waals surface area (Å²) in [6.45, 7) is 2.15. The molecule has 3 heteroatoms. The summed E-state index contributed by atoms with van der Waals surface area (Å²) in [5.74, 6) is 0.411. The van der Waals surface area contributed by atoms with E-state index >= 15 is 0 Å². The zero-order valence-corrected chi connectivity index (χ0v) is 10.6. The van der Waals surface area contributed by atoms with Crippen molar-refractivity contribution in [3.63, 3.8) is 0 Å². The highest BCUT2D eigenvalue weighted by Crippen LogP contribution is 2.30. The van der Waals surface area contributed by atoms with E-state index in [9.17, 15) is 9.18 Å². The zero-order chi connectivity index (χ0) is 12.4. The number of carbonyl (C=O) groups excluding carboxylic acids is 1. The van der Waals surface area contributed by atoms with Gasteiger partial charge in [0.15, 0.2) is 0 Å². The van der Waals surface area contributed by atoms with Gasteiger partial charge in [0, 0.05) is 12.3 Å². The van der Waals surface area contributed by atoms with Crippen molar-refractivity contribution < 1.29 is 9.18 Å². The second-order valence-corrected chi connectivity index (χ2v) is 5.37. The minimum atomic E-state index is -0.375. The van der Waals surface area contributed by atoms with Crippen molar-refractivity contribution in [3.05, 3.63) is 34.6 Å². The van der Waals surface area contributed by atoms with E-state index < -0.39 is 0 Å². The first-order valence-corrected chi connectivity index (χ1v) is 6.41. The quantitative estimate of drug-likeness (QED) is 0.779. The molecule has 2 atom stereocenters. The molecule has 0 radical (unpaired) electrons. The Hall–Kier alpha value is -0.890. The second kappa shape index (κ2) is 5.18. The van der Waals surface area contributed by atoms with Crippen LogP contribution in [0.5, 0.6) is 0 Å². The fourth-order valence-corrected chi connectivity index (χ4v) is 2.69. The lowest BCUT2D eigenvalue weighted by molar-refractivity contribution is -0.125. The predicted octanol–water partition coefficient (Wildman–Crippen LogP) is 4.03. The minimum absolute atomic E-state index is 0.0354. The highest BCUT2D eigenvalue weighted by Gasteiger charge is 2.27.